The van der Waals surface area contributed by atoms with Gasteiger partial charge in [-0.3, -0.25) is 0 Å². The van der Waals surface area contributed by atoms with Crippen molar-refractivity contribution in [2.75, 3.05) is 0 Å². The van der Waals surface area contributed by atoms with Crippen molar-refractivity contribution in [3.05, 3.63) is 41.2 Å². The zero-order valence-corrected chi connectivity index (χ0v) is 9.05. The van der Waals surface area contributed by atoms with Gasteiger partial charge in [-0.1, -0.05) is 44.6 Å². The van der Waals surface area contributed by atoms with Crippen LogP contribution in [0.1, 0.15) is 32.8 Å². The average Bonchev–Trinajstić information content (AvgIpc) is 2.14. The fraction of sp³-hybridized carbons (Fsp3) is 0.385. The third kappa shape index (κ3) is 2.99. The smallest absolute Gasteiger partial charge is 0.123 e. The van der Waals surface area contributed by atoms with Crippen molar-refractivity contribution in [1.29, 1.82) is 0 Å². The minimum absolute atomic E-state index is 0.169. The summed E-state index contributed by atoms with van der Waals surface area (Å²) in [6, 6.07) is 6.71. The first-order chi connectivity index (χ1) is 6.63. The van der Waals surface area contributed by atoms with Crippen LogP contribution >= 0.6 is 0 Å². The molecule has 0 aliphatic rings. The Labute approximate surface area is 85.5 Å². The summed E-state index contributed by atoms with van der Waals surface area (Å²) in [4.78, 5) is 0. The Morgan fingerprint density at radius 1 is 1.43 bits per heavy atom. The molecule has 0 nitrogen and oxygen atoms in total. The summed E-state index contributed by atoms with van der Waals surface area (Å²) in [5, 5.41) is 0. The quantitative estimate of drug-likeness (QED) is 0.670. The number of hydrogen-bond acceptors (Lipinski definition) is 0. The first kappa shape index (κ1) is 11.0. The molecule has 0 spiro atoms. The number of rotatable bonds is 3. The highest BCUT2D eigenvalue weighted by atomic mass is 19.1. The van der Waals surface area contributed by atoms with Crippen LogP contribution in [0.3, 0.4) is 0 Å². The van der Waals surface area contributed by atoms with Gasteiger partial charge in [-0.2, -0.15) is 0 Å². The first-order valence-electron chi connectivity index (χ1n) is 5.09. The lowest BCUT2D eigenvalue weighted by Gasteiger charge is -2.08. The zero-order valence-electron chi connectivity index (χ0n) is 9.05. The lowest BCUT2D eigenvalue weighted by atomic mass is 9.98. The van der Waals surface area contributed by atoms with Crippen molar-refractivity contribution in [1.82, 2.24) is 0 Å². The van der Waals surface area contributed by atoms with Gasteiger partial charge in [-0.15, -0.1) is 0 Å². The lowest BCUT2D eigenvalue weighted by molar-refractivity contribution is 0.627. The summed E-state index contributed by atoms with van der Waals surface area (Å²) in [6.45, 7) is 6.45. The van der Waals surface area contributed by atoms with Gasteiger partial charge < -0.3 is 0 Å². The SMILES string of the molecule is CC/C(=C/c1cccc(F)c1)C(C)C. The van der Waals surface area contributed by atoms with Gasteiger partial charge in [-0.05, 0) is 30.0 Å². The highest BCUT2D eigenvalue weighted by Crippen LogP contribution is 2.18. The number of halogens is 1. The number of hydrogen-bond donors (Lipinski definition) is 0. The molecule has 14 heavy (non-hydrogen) atoms. The monoisotopic (exact) mass is 192 g/mol. The molecule has 0 aromatic heterocycles. The molecule has 0 saturated carbocycles. The summed E-state index contributed by atoms with van der Waals surface area (Å²) in [6.07, 6.45) is 3.10. The van der Waals surface area contributed by atoms with E-state index in [1.54, 1.807) is 12.1 Å². The highest BCUT2D eigenvalue weighted by Gasteiger charge is 2.00. The molecule has 0 atom stereocenters. The van der Waals surface area contributed by atoms with Gasteiger partial charge in [0.25, 0.3) is 0 Å². The lowest BCUT2D eigenvalue weighted by Crippen LogP contribution is -1.92. The number of benzene rings is 1. The van der Waals surface area contributed by atoms with Crippen LogP contribution in [0.25, 0.3) is 6.08 Å². The standard InChI is InChI=1S/C13H17F/c1-4-12(10(2)3)8-11-6-5-7-13(14)9-11/h5-10H,4H2,1-3H3/b12-8-. The van der Waals surface area contributed by atoms with Crippen LogP contribution < -0.4 is 0 Å². The van der Waals surface area contributed by atoms with Gasteiger partial charge in [-0.25, -0.2) is 4.39 Å². The molecule has 0 amide bonds. The predicted molar refractivity (Wildman–Crippen MR) is 59.5 cm³/mol. The molecule has 0 unspecified atom stereocenters. The van der Waals surface area contributed by atoms with Crippen molar-refractivity contribution < 1.29 is 4.39 Å². The molecule has 0 N–H and O–H groups in total. The van der Waals surface area contributed by atoms with Crippen LogP contribution in [-0.4, -0.2) is 0 Å². The minimum Gasteiger partial charge on any atom is -0.207 e. The Morgan fingerprint density at radius 2 is 2.14 bits per heavy atom. The Morgan fingerprint density at radius 3 is 2.64 bits per heavy atom. The molecule has 0 aliphatic carbocycles. The highest BCUT2D eigenvalue weighted by molar-refractivity contribution is 5.53. The third-order valence-electron chi connectivity index (χ3n) is 2.35. The Bertz CT molecular complexity index is 324. The van der Waals surface area contributed by atoms with E-state index in [9.17, 15) is 4.39 Å². The second-order valence-electron chi connectivity index (χ2n) is 3.78. The molecule has 1 rings (SSSR count). The summed E-state index contributed by atoms with van der Waals surface area (Å²) in [5.41, 5.74) is 2.31. The number of allylic oxidation sites excluding steroid dienone is 1. The molecule has 1 aromatic carbocycles. The van der Waals surface area contributed by atoms with Crippen molar-refractivity contribution >= 4 is 6.08 Å². The maximum atomic E-state index is 12.9. The normalized spacial score (nSPS) is 12.2. The Balaban J connectivity index is 2.94. The van der Waals surface area contributed by atoms with Crippen LogP contribution in [0, 0.1) is 11.7 Å². The van der Waals surface area contributed by atoms with E-state index in [0.29, 0.717) is 5.92 Å². The van der Waals surface area contributed by atoms with Gasteiger partial charge in [0.05, 0.1) is 0 Å². The van der Waals surface area contributed by atoms with E-state index in [1.165, 1.54) is 11.6 Å². The fourth-order valence-electron chi connectivity index (χ4n) is 1.49. The molecule has 0 heterocycles. The van der Waals surface area contributed by atoms with Gasteiger partial charge in [0.2, 0.25) is 0 Å². The average molecular weight is 192 g/mol. The second-order valence-corrected chi connectivity index (χ2v) is 3.78. The van der Waals surface area contributed by atoms with Crippen molar-refractivity contribution in [3.8, 4) is 0 Å². The maximum absolute atomic E-state index is 12.9. The molecule has 1 heteroatoms. The molecule has 0 bridgehead atoms. The summed E-state index contributed by atoms with van der Waals surface area (Å²) in [7, 11) is 0. The van der Waals surface area contributed by atoms with Crippen LogP contribution in [0.4, 0.5) is 4.39 Å². The minimum atomic E-state index is -0.169. The van der Waals surface area contributed by atoms with Gasteiger partial charge in [0, 0.05) is 0 Å². The van der Waals surface area contributed by atoms with Crippen LogP contribution in [0.15, 0.2) is 29.8 Å². The molecule has 1 aromatic rings. The van der Waals surface area contributed by atoms with Crippen LogP contribution in [0.2, 0.25) is 0 Å². The summed E-state index contributed by atoms with van der Waals surface area (Å²) in [5.74, 6) is 0.362. The van der Waals surface area contributed by atoms with Gasteiger partial charge in [0.15, 0.2) is 0 Å². The van der Waals surface area contributed by atoms with E-state index in [1.807, 2.05) is 6.07 Å². The zero-order chi connectivity index (χ0) is 10.6. The van der Waals surface area contributed by atoms with E-state index in [2.05, 4.69) is 26.8 Å². The Hall–Kier alpha value is -1.11. The molecule has 0 aliphatic heterocycles. The molecule has 0 fully saturated rings. The summed E-state index contributed by atoms with van der Waals surface area (Å²) < 4.78 is 12.9. The molecule has 0 saturated heterocycles. The molecular formula is C13H17F. The topological polar surface area (TPSA) is 0 Å². The third-order valence-corrected chi connectivity index (χ3v) is 2.35. The van der Waals surface area contributed by atoms with E-state index in [-0.39, 0.29) is 5.82 Å². The molecule has 0 radical (unpaired) electrons. The van der Waals surface area contributed by atoms with Gasteiger partial charge in [0.1, 0.15) is 5.82 Å². The van der Waals surface area contributed by atoms with Crippen molar-refractivity contribution in [2.45, 2.75) is 27.2 Å². The molecule has 76 valence electrons. The largest absolute Gasteiger partial charge is 0.207 e. The first-order valence-corrected chi connectivity index (χ1v) is 5.09. The summed E-state index contributed by atoms with van der Waals surface area (Å²) >= 11 is 0. The molecular weight excluding hydrogens is 175 g/mol. The van der Waals surface area contributed by atoms with Crippen molar-refractivity contribution in [2.24, 2.45) is 5.92 Å². The van der Waals surface area contributed by atoms with E-state index < -0.39 is 0 Å². The van der Waals surface area contributed by atoms with Crippen LogP contribution in [0.5, 0.6) is 0 Å². The predicted octanol–water partition coefficient (Wildman–Crippen LogP) is 4.28. The van der Waals surface area contributed by atoms with E-state index >= 15 is 0 Å². The maximum Gasteiger partial charge on any atom is 0.123 e. The fourth-order valence-corrected chi connectivity index (χ4v) is 1.49. The Kier molecular flexibility index (Phi) is 3.87. The van der Waals surface area contributed by atoms with Gasteiger partial charge >= 0.3 is 0 Å². The van der Waals surface area contributed by atoms with E-state index in [0.717, 1.165) is 12.0 Å². The van der Waals surface area contributed by atoms with E-state index in [4.69, 9.17) is 0 Å². The second kappa shape index (κ2) is 4.94. The van der Waals surface area contributed by atoms with Crippen molar-refractivity contribution in [3.63, 3.8) is 0 Å². The van der Waals surface area contributed by atoms with Crippen LogP contribution in [-0.2, 0) is 0 Å².